The lowest BCUT2D eigenvalue weighted by Gasteiger charge is -2.36. The number of nitrogens with one attached hydrogen (secondary N) is 1. The van der Waals surface area contributed by atoms with E-state index in [9.17, 15) is 19.5 Å². The lowest BCUT2D eigenvalue weighted by molar-refractivity contribution is -0.146. The third kappa shape index (κ3) is 4.23. The molecular weight excluding hydrogens is 368 g/mol. The molecule has 0 aromatic heterocycles. The summed E-state index contributed by atoms with van der Waals surface area (Å²) in [5.74, 6) is 0.199. The zero-order valence-corrected chi connectivity index (χ0v) is 19.0. The summed E-state index contributed by atoms with van der Waals surface area (Å²) >= 11 is 0. The highest BCUT2D eigenvalue weighted by atomic mass is 16.3. The number of carbonyl (C=O) groups excluding carboxylic acids is 3. The fourth-order valence-electron chi connectivity index (χ4n) is 4.96. The molecule has 29 heavy (non-hydrogen) atoms. The molecule has 2 unspecified atom stereocenters. The van der Waals surface area contributed by atoms with Crippen LogP contribution in [-0.2, 0) is 14.4 Å². The van der Waals surface area contributed by atoms with Crippen LogP contribution in [0.25, 0.3) is 0 Å². The molecule has 6 heteroatoms. The van der Waals surface area contributed by atoms with Crippen molar-refractivity contribution in [2.24, 2.45) is 34.5 Å². The lowest BCUT2D eigenvalue weighted by atomic mass is 9.81. The number of aliphatic hydroxyl groups excluding tert-OH is 1. The van der Waals surface area contributed by atoms with Crippen molar-refractivity contribution in [3.8, 4) is 0 Å². The number of piperidine rings is 1. The van der Waals surface area contributed by atoms with Crippen molar-refractivity contribution < 1.29 is 19.5 Å². The summed E-state index contributed by atoms with van der Waals surface area (Å²) in [6.45, 7) is 14.3. The Morgan fingerprint density at radius 2 is 1.79 bits per heavy atom. The summed E-state index contributed by atoms with van der Waals surface area (Å²) in [7, 11) is 0. The van der Waals surface area contributed by atoms with Crippen LogP contribution >= 0.6 is 0 Å². The molecule has 2 saturated carbocycles. The maximum Gasteiger partial charge on any atom is 0.243 e. The van der Waals surface area contributed by atoms with Crippen LogP contribution in [0.3, 0.4) is 0 Å². The quantitative estimate of drug-likeness (QED) is 0.680. The van der Waals surface area contributed by atoms with E-state index in [1.165, 1.54) is 6.92 Å². The average molecular weight is 407 g/mol. The molecule has 0 radical (unpaired) electrons. The fraction of sp³-hybridized carbons (Fsp3) is 0.870. The van der Waals surface area contributed by atoms with Gasteiger partial charge in [0.1, 0.15) is 12.1 Å². The second kappa shape index (κ2) is 7.36. The van der Waals surface area contributed by atoms with E-state index in [4.69, 9.17) is 0 Å². The normalized spacial score (nSPS) is 30.9. The third-order valence-corrected chi connectivity index (χ3v) is 7.84. The molecule has 0 spiro atoms. The van der Waals surface area contributed by atoms with Gasteiger partial charge in [-0.05, 0) is 41.9 Å². The molecular formula is C23H38N2O4. The van der Waals surface area contributed by atoms with Crippen LogP contribution in [0.5, 0.6) is 0 Å². The van der Waals surface area contributed by atoms with E-state index in [1.807, 2.05) is 27.7 Å². The molecule has 6 nitrogen and oxygen atoms in total. The van der Waals surface area contributed by atoms with Gasteiger partial charge < -0.3 is 15.3 Å². The third-order valence-electron chi connectivity index (χ3n) is 7.84. The molecule has 0 bridgehead atoms. The minimum absolute atomic E-state index is 0.0199. The highest BCUT2D eigenvalue weighted by Gasteiger charge is 2.69. The van der Waals surface area contributed by atoms with Gasteiger partial charge >= 0.3 is 0 Å². The summed E-state index contributed by atoms with van der Waals surface area (Å²) in [6.07, 6.45) is 1.57. The monoisotopic (exact) mass is 406 g/mol. The van der Waals surface area contributed by atoms with Gasteiger partial charge in [0.15, 0.2) is 5.78 Å². The van der Waals surface area contributed by atoms with Crippen LogP contribution in [0.15, 0.2) is 0 Å². The minimum Gasteiger partial charge on any atom is -0.383 e. The molecule has 2 N–H and O–H groups in total. The Kier molecular flexibility index (Phi) is 5.65. The van der Waals surface area contributed by atoms with Gasteiger partial charge in [-0.1, -0.05) is 54.4 Å². The van der Waals surface area contributed by atoms with Crippen LogP contribution in [-0.4, -0.2) is 52.3 Å². The Bertz CT molecular complexity index is 691. The molecule has 2 aliphatic carbocycles. The van der Waals surface area contributed by atoms with Gasteiger partial charge in [-0.3, -0.25) is 14.4 Å². The van der Waals surface area contributed by atoms with Crippen LogP contribution in [0.1, 0.15) is 67.7 Å². The molecule has 3 aliphatic rings. The van der Waals surface area contributed by atoms with Gasteiger partial charge in [-0.15, -0.1) is 0 Å². The first kappa shape index (κ1) is 22.3. The summed E-state index contributed by atoms with van der Waals surface area (Å²) < 4.78 is 0. The Hall–Kier alpha value is -1.43. The maximum absolute atomic E-state index is 13.4. The van der Waals surface area contributed by atoms with Crippen molar-refractivity contribution >= 4 is 17.6 Å². The van der Waals surface area contributed by atoms with Crippen molar-refractivity contribution in [1.82, 2.24) is 10.2 Å². The van der Waals surface area contributed by atoms with Crippen LogP contribution < -0.4 is 5.32 Å². The van der Waals surface area contributed by atoms with Gasteiger partial charge in [-0.25, -0.2) is 0 Å². The lowest BCUT2D eigenvalue weighted by Crippen LogP contribution is -2.56. The van der Waals surface area contributed by atoms with E-state index in [-0.39, 0.29) is 40.3 Å². The zero-order chi connectivity index (χ0) is 21.9. The first-order valence-corrected chi connectivity index (χ1v) is 11.1. The van der Waals surface area contributed by atoms with E-state index in [1.54, 1.807) is 4.90 Å². The predicted molar refractivity (Wildman–Crippen MR) is 111 cm³/mol. The minimum atomic E-state index is -1.19. The van der Waals surface area contributed by atoms with Crippen LogP contribution in [0.4, 0.5) is 0 Å². The summed E-state index contributed by atoms with van der Waals surface area (Å²) in [5, 5.41) is 13.3. The Morgan fingerprint density at radius 1 is 1.21 bits per heavy atom. The Labute approximate surface area is 174 Å². The number of rotatable bonds is 7. The number of hydrogen-bond donors (Lipinski definition) is 2. The number of aliphatic hydroxyl groups is 1. The zero-order valence-electron chi connectivity index (χ0n) is 19.0. The van der Waals surface area contributed by atoms with E-state index in [0.29, 0.717) is 24.8 Å². The molecule has 3 rings (SSSR count). The van der Waals surface area contributed by atoms with Gasteiger partial charge in [0, 0.05) is 12.5 Å². The van der Waals surface area contributed by atoms with E-state index in [0.717, 1.165) is 12.8 Å². The van der Waals surface area contributed by atoms with Crippen molar-refractivity contribution in [2.45, 2.75) is 85.9 Å². The fourth-order valence-corrected chi connectivity index (χ4v) is 4.96. The molecule has 1 saturated heterocycles. The number of carbonyl (C=O) groups is 3. The first-order chi connectivity index (χ1) is 13.3. The van der Waals surface area contributed by atoms with Crippen molar-refractivity contribution in [2.75, 3.05) is 6.54 Å². The first-order valence-electron chi connectivity index (χ1n) is 11.1. The molecule has 0 aromatic carbocycles. The number of amides is 2. The topological polar surface area (TPSA) is 86.7 Å². The molecule has 164 valence electrons. The molecule has 1 aliphatic heterocycles. The largest absolute Gasteiger partial charge is 0.383 e. The number of fused-ring (bicyclic) bond motifs is 1. The number of likely N-dealkylation sites (tertiary alicyclic amines) is 1. The molecule has 3 fully saturated rings. The summed E-state index contributed by atoms with van der Waals surface area (Å²) in [4.78, 5) is 40.1. The van der Waals surface area contributed by atoms with Gasteiger partial charge in [0.05, 0.1) is 6.04 Å². The predicted octanol–water partition coefficient (Wildman–Crippen LogP) is 2.39. The number of ketones is 1. The molecule has 2 amide bonds. The Balaban J connectivity index is 1.79. The second-order valence-corrected chi connectivity index (χ2v) is 11.3. The number of hydrogen-bond acceptors (Lipinski definition) is 4. The summed E-state index contributed by atoms with van der Waals surface area (Å²) in [5.41, 5.74) is -0.144. The van der Waals surface area contributed by atoms with Crippen molar-refractivity contribution in [1.29, 1.82) is 0 Å². The van der Waals surface area contributed by atoms with E-state index in [2.05, 4.69) is 19.2 Å². The van der Waals surface area contributed by atoms with Gasteiger partial charge in [0.25, 0.3) is 0 Å². The average Bonchev–Trinajstić information content (AvgIpc) is 3.45. The van der Waals surface area contributed by atoms with Gasteiger partial charge in [0.2, 0.25) is 11.8 Å². The molecule has 1 heterocycles. The Morgan fingerprint density at radius 3 is 2.28 bits per heavy atom. The summed E-state index contributed by atoms with van der Waals surface area (Å²) in [6, 6.07) is -1.10. The second-order valence-electron chi connectivity index (χ2n) is 11.3. The smallest absolute Gasteiger partial charge is 0.243 e. The van der Waals surface area contributed by atoms with Crippen LogP contribution in [0, 0.1) is 34.5 Å². The van der Waals surface area contributed by atoms with Crippen LogP contribution in [0.2, 0.25) is 0 Å². The number of nitrogens with zero attached hydrogens (tertiary/aromatic N) is 1. The van der Waals surface area contributed by atoms with Crippen molar-refractivity contribution in [3.05, 3.63) is 0 Å². The van der Waals surface area contributed by atoms with Crippen molar-refractivity contribution in [3.63, 3.8) is 0 Å². The highest BCUT2D eigenvalue weighted by Crippen LogP contribution is 2.65. The van der Waals surface area contributed by atoms with Gasteiger partial charge in [-0.2, -0.15) is 0 Å². The van der Waals surface area contributed by atoms with E-state index >= 15 is 0 Å². The number of Topliss-reactive ketones (excluding diaryl/α,β-unsaturated/α-hetero) is 1. The standard InChI is InChI=1S/C23H38N2O4/c1-12(22(3,4)5)21(29)25-11-15-17(23(15,6)7)18(25)20(28)24-16(10-14-8-9-14)19(27)13(2)26/h12,14-19,27H,8-11H2,1-7H3,(H,24,28)/t12-,15+,16?,17+,18+,19?/m1/s1. The molecule has 6 atom stereocenters. The maximum atomic E-state index is 13.4. The highest BCUT2D eigenvalue weighted by molar-refractivity contribution is 5.91. The SMILES string of the molecule is CC(=O)C(O)C(CC1CC1)NC(=O)[C@@H]1[C@@H]2[C@H](CN1C(=O)[C@@H](C)C(C)(C)C)C2(C)C. The van der Waals surface area contributed by atoms with E-state index < -0.39 is 18.2 Å². The molecule has 0 aromatic rings.